The summed E-state index contributed by atoms with van der Waals surface area (Å²) in [6.45, 7) is 3.08. The molecule has 1 saturated carbocycles. The number of hydrogen-bond donors (Lipinski definition) is 1. The molecule has 1 fully saturated rings. The Balaban J connectivity index is 1.82. The lowest BCUT2D eigenvalue weighted by Gasteiger charge is -2.18. The Bertz CT molecular complexity index is 393. The molecule has 2 rings (SSSR count). The molecule has 0 saturated heterocycles. The van der Waals surface area contributed by atoms with E-state index in [2.05, 4.69) is 39.3 Å². The molecule has 100 valence electrons. The van der Waals surface area contributed by atoms with Gasteiger partial charge in [-0.3, -0.25) is 0 Å². The zero-order valence-electron chi connectivity index (χ0n) is 11.1. The van der Waals surface area contributed by atoms with E-state index in [1.165, 1.54) is 18.4 Å². The van der Waals surface area contributed by atoms with Gasteiger partial charge < -0.3 is 15.0 Å². The lowest BCUT2D eigenvalue weighted by molar-refractivity contribution is 0.322. The van der Waals surface area contributed by atoms with Crippen molar-refractivity contribution in [3.63, 3.8) is 0 Å². The SMILES string of the molecule is COc1ccc(Br)c(CN(C)CCNC2CC2)c1. The molecule has 0 aromatic heterocycles. The van der Waals surface area contributed by atoms with Crippen LogP contribution in [0.4, 0.5) is 0 Å². The normalized spacial score (nSPS) is 15.1. The highest BCUT2D eigenvalue weighted by Crippen LogP contribution is 2.23. The highest BCUT2D eigenvalue weighted by atomic mass is 79.9. The van der Waals surface area contributed by atoms with Crippen LogP contribution in [-0.2, 0) is 6.54 Å². The highest BCUT2D eigenvalue weighted by molar-refractivity contribution is 9.10. The Morgan fingerprint density at radius 1 is 1.44 bits per heavy atom. The first kappa shape index (κ1) is 13.8. The maximum Gasteiger partial charge on any atom is 0.119 e. The van der Waals surface area contributed by atoms with Crippen LogP contribution in [0.1, 0.15) is 18.4 Å². The van der Waals surface area contributed by atoms with Gasteiger partial charge in [0.2, 0.25) is 0 Å². The first-order valence-electron chi connectivity index (χ1n) is 6.43. The lowest BCUT2D eigenvalue weighted by Crippen LogP contribution is -2.30. The van der Waals surface area contributed by atoms with Crippen LogP contribution in [0.15, 0.2) is 22.7 Å². The van der Waals surface area contributed by atoms with Crippen molar-refractivity contribution in [2.24, 2.45) is 0 Å². The van der Waals surface area contributed by atoms with E-state index in [0.717, 1.165) is 35.9 Å². The summed E-state index contributed by atoms with van der Waals surface area (Å²) in [5.74, 6) is 0.915. The van der Waals surface area contributed by atoms with Crippen LogP contribution >= 0.6 is 15.9 Å². The average molecular weight is 313 g/mol. The molecule has 0 amide bonds. The Kier molecular flexibility index (Phi) is 5.03. The third-order valence-corrected chi connectivity index (χ3v) is 3.97. The molecule has 4 heteroatoms. The number of nitrogens with one attached hydrogen (secondary N) is 1. The second-order valence-corrected chi connectivity index (χ2v) is 5.78. The highest BCUT2D eigenvalue weighted by Gasteiger charge is 2.19. The summed E-state index contributed by atoms with van der Waals surface area (Å²) in [4.78, 5) is 2.33. The zero-order chi connectivity index (χ0) is 13.0. The number of halogens is 1. The van der Waals surface area contributed by atoms with Crippen molar-refractivity contribution < 1.29 is 4.74 Å². The number of benzene rings is 1. The molecule has 0 aliphatic heterocycles. The van der Waals surface area contributed by atoms with Gasteiger partial charge in [0.25, 0.3) is 0 Å². The number of methoxy groups -OCH3 is 1. The fourth-order valence-corrected chi connectivity index (χ4v) is 2.29. The standard InChI is InChI=1S/C14H21BrN2O/c1-17(8-7-16-12-3-4-12)10-11-9-13(18-2)5-6-14(11)15/h5-6,9,12,16H,3-4,7-8,10H2,1-2H3. The van der Waals surface area contributed by atoms with Gasteiger partial charge in [-0.25, -0.2) is 0 Å². The van der Waals surface area contributed by atoms with Crippen molar-refractivity contribution >= 4 is 15.9 Å². The quantitative estimate of drug-likeness (QED) is 0.837. The molecular formula is C14H21BrN2O. The summed E-state index contributed by atoms with van der Waals surface area (Å²) in [6.07, 6.45) is 2.70. The average Bonchev–Trinajstić information content (AvgIpc) is 3.16. The third-order valence-electron chi connectivity index (χ3n) is 3.20. The van der Waals surface area contributed by atoms with E-state index in [1.54, 1.807) is 7.11 Å². The van der Waals surface area contributed by atoms with Crippen LogP contribution in [0.5, 0.6) is 5.75 Å². The number of hydrogen-bond acceptors (Lipinski definition) is 3. The summed E-state index contributed by atoms with van der Waals surface area (Å²) >= 11 is 3.59. The van der Waals surface area contributed by atoms with Gasteiger partial charge in [0, 0.05) is 30.1 Å². The Hall–Kier alpha value is -0.580. The summed E-state index contributed by atoms with van der Waals surface area (Å²) in [6, 6.07) is 6.91. The van der Waals surface area contributed by atoms with Gasteiger partial charge in [-0.05, 0) is 43.7 Å². The topological polar surface area (TPSA) is 24.5 Å². The number of ether oxygens (including phenoxy) is 1. The molecule has 0 heterocycles. The van der Waals surface area contributed by atoms with Gasteiger partial charge in [0.15, 0.2) is 0 Å². The summed E-state index contributed by atoms with van der Waals surface area (Å²) in [7, 11) is 3.86. The van der Waals surface area contributed by atoms with Crippen LogP contribution in [0.2, 0.25) is 0 Å². The van der Waals surface area contributed by atoms with E-state index in [9.17, 15) is 0 Å². The van der Waals surface area contributed by atoms with Crippen molar-refractivity contribution in [3.05, 3.63) is 28.2 Å². The molecule has 18 heavy (non-hydrogen) atoms. The molecule has 1 aliphatic carbocycles. The van der Waals surface area contributed by atoms with Crippen LogP contribution in [0.3, 0.4) is 0 Å². The second-order valence-electron chi connectivity index (χ2n) is 4.92. The summed E-state index contributed by atoms with van der Waals surface area (Å²) < 4.78 is 6.40. The fourth-order valence-electron chi connectivity index (χ4n) is 1.92. The van der Waals surface area contributed by atoms with Gasteiger partial charge >= 0.3 is 0 Å². The van der Waals surface area contributed by atoms with Gasteiger partial charge in [-0.2, -0.15) is 0 Å². The summed E-state index contributed by atoms with van der Waals surface area (Å²) in [5, 5.41) is 3.53. The number of nitrogens with zero attached hydrogens (tertiary/aromatic N) is 1. The monoisotopic (exact) mass is 312 g/mol. The lowest BCUT2D eigenvalue weighted by atomic mass is 10.2. The molecule has 1 aliphatic rings. The van der Waals surface area contributed by atoms with Crippen LogP contribution in [0.25, 0.3) is 0 Å². The van der Waals surface area contributed by atoms with E-state index >= 15 is 0 Å². The van der Waals surface area contributed by atoms with E-state index in [0.29, 0.717) is 0 Å². The van der Waals surface area contributed by atoms with Crippen LogP contribution in [0, 0.1) is 0 Å². The largest absolute Gasteiger partial charge is 0.497 e. The minimum Gasteiger partial charge on any atom is -0.497 e. The Labute approximate surface area is 118 Å². The zero-order valence-corrected chi connectivity index (χ0v) is 12.7. The van der Waals surface area contributed by atoms with E-state index < -0.39 is 0 Å². The van der Waals surface area contributed by atoms with Gasteiger partial charge in [-0.1, -0.05) is 15.9 Å². The van der Waals surface area contributed by atoms with Gasteiger partial charge in [0.05, 0.1) is 7.11 Å². The molecule has 0 bridgehead atoms. The van der Waals surface area contributed by atoms with Crippen molar-refractivity contribution in [2.75, 3.05) is 27.2 Å². The number of likely N-dealkylation sites (N-methyl/N-ethyl adjacent to an activating group) is 1. The molecule has 0 unspecified atom stereocenters. The maximum absolute atomic E-state index is 5.26. The van der Waals surface area contributed by atoms with Crippen molar-refractivity contribution in [3.8, 4) is 5.75 Å². The molecule has 0 radical (unpaired) electrons. The first-order chi connectivity index (χ1) is 8.69. The smallest absolute Gasteiger partial charge is 0.119 e. The van der Waals surface area contributed by atoms with E-state index in [1.807, 2.05) is 12.1 Å². The molecule has 0 spiro atoms. The first-order valence-corrected chi connectivity index (χ1v) is 7.22. The van der Waals surface area contributed by atoms with Crippen molar-refractivity contribution in [2.45, 2.75) is 25.4 Å². The van der Waals surface area contributed by atoms with Crippen LogP contribution in [-0.4, -0.2) is 38.2 Å². The van der Waals surface area contributed by atoms with Gasteiger partial charge in [0.1, 0.15) is 5.75 Å². The predicted molar refractivity (Wildman–Crippen MR) is 78.1 cm³/mol. The Morgan fingerprint density at radius 3 is 2.89 bits per heavy atom. The minimum atomic E-state index is 0.793. The molecule has 1 N–H and O–H groups in total. The summed E-state index contributed by atoms with van der Waals surface area (Å²) in [5.41, 5.74) is 1.27. The second kappa shape index (κ2) is 6.55. The van der Waals surface area contributed by atoms with Crippen molar-refractivity contribution in [1.82, 2.24) is 10.2 Å². The molecular weight excluding hydrogens is 292 g/mol. The molecule has 3 nitrogen and oxygen atoms in total. The maximum atomic E-state index is 5.26. The molecule has 1 aromatic carbocycles. The van der Waals surface area contributed by atoms with Crippen LogP contribution < -0.4 is 10.1 Å². The van der Waals surface area contributed by atoms with E-state index in [-0.39, 0.29) is 0 Å². The fraction of sp³-hybridized carbons (Fsp3) is 0.571. The van der Waals surface area contributed by atoms with E-state index in [4.69, 9.17) is 4.74 Å². The van der Waals surface area contributed by atoms with Gasteiger partial charge in [-0.15, -0.1) is 0 Å². The van der Waals surface area contributed by atoms with Crippen molar-refractivity contribution in [1.29, 1.82) is 0 Å². The number of rotatable bonds is 7. The molecule has 1 aromatic rings. The minimum absolute atomic E-state index is 0.793. The third kappa shape index (κ3) is 4.26. The molecule has 0 atom stereocenters. The predicted octanol–water partition coefficient (Wildman–Crippen LogP) is 2.64. The Morgan fingerprint density at radius 2 is 2.22 bits per heavy atom.